The Bertz CT molecular complexity index is 500. The summed E-state index contributed by atoms with van der Waals surface area (Å²) in [6, 6.07) is 17.4. The maximum atomic E-state index is 2.27. The molecule has 0 N–H and O–H groups in total. The molecule has 0 aliphatic carbocycles. The Balaban J connectivity index is 2.41. The van der Waals surface area contributed by atoms with Crippen LogP contribution in [0.3, 0.4) is 0 Å². The molecular formula is C16H19N. The topological polar surface area (TPSA) is 3.24 Å². The minimum atomic E-state index is 1.08. The lowest BCUT2D eigenvalue weighted by Gasteiger charge is -2.14. The van der Waals surface area contributed by atoms with Gasteiger partial charge in [0, 0.05) is 19.8 Å². The van der Waals surface area contributed by atoms with Gasteiger partial charge in [-0.2, -0.15) is 0 Å². The number of hydrogen-bond acceptors (Lipinski definition) is 1. The highest BCUT2D eigenvalue weighted by molar-refractivity contribution is 5.68. The van der Waals surface area contributed by atoms with E-state index in [2.05, 4.69) is 74.4 Å². The number of nitrogens with zero attached hydrogens (tertiary/aromatic N) is 1. The van der Waals surface area contributed by atoms with E-state index in [-0.39, 0.29) is 0 Å². The summed E-state index contributed by atoms with van der Waals surface area (Å²) in [4.78, 5) is 2.13. The molecule has 0 bridgehead atoms. The molecule has 0 aliphatic heterocycles. The summed E-state index contributed by atoms with van der Waals surface area (Å²) in [5.74, 6) is 0. The standard InChI is InChI=1S/C16H19N/c1-4-13-7-5-8-14(11-13)15-9-6-10-16(12-15)17(2)3/h5-12H,4H2,1-3H3. The van der Waals surface area contributed by atoms with Crippen molar-refractivity contribution in [3.8, 4) is 11.1 Å². The highest BCUT2D eigenvalue weighted by Gasteiger charge is 2.01. The molecule has 1 nitrogen and oxygen atoms in total. The quantitative estimate of drug-likeness (QED) is 0.763. The second-order valence-corrected chi connectivity index (χ2v) is 4.50. The van der Waals surface area contributed by atoms with Gasteiger partial charge in [-0.1, -0.05) is 43.3 Å². The van der Waals surface area contributed by atoms with Crippen molar-refractivity contribution in [3.63, 3.8) is 0 Å². The van der Waals surface area contributed by atoms with E-state index in [9.17, 15) is 0 Å². The summed E-state index contributed by atoms with van der Waals surface area (Å²) < 4.78 is 0. The number of rotatable bonds is 3. The first kappa shape index (κ1) is 11.7. The summed E-state index contributed by atoms with van der Waals surface area (Å²) in [6.45, 7) is 2.19. The predicted octanol–water partition coefficient (Wildman–Crippen LogP) is 3.98. The maximum Gasteiger partial charge on any atom is 0.0367 e. The van der Waals surface area contributed by atoms with Crippen LogP contribution in [-0.4, -0.2) is 14.1 Å². The van der Waals surface area contributed by atoms with Crippen LogP contribution >= 0.6 is 0 Å². The van der Waals surface area contributed by atoms with Crippen molar-refractivity contribution in [1.29, 1.82) is 0 Å². The van der Waals surface area contributed by atoms with Gasteiger partial charge >= 0.3 is 0 Å². The van der Waals surface area contributed by atoms with Crippen molar-refractivity contribution in [3.05, 3.63) is 54.1 Å². The maximum absolute atomic E-state index is 2.27. The third kappa shape index (κ3) is 2.68. The zero-order valence-electron chi connectivity index (χ0n) is 10.8. The monoisotopic (exact) mass is 225 g/mol. The average molecular weight is 225 g/mol. The zero-order chi connectivity index (χ0) is 12.3. The minimum Gasteiger partial charge on any atom is -0.378 e. The van der Waals surface area contributed by atoms with Crippen LogP contribution < -0.4 is 4.90 Å². The van der Waals surface area contributed by atoms with E-state index >= 15 is 0 Å². The lowest BCUT2D eigenvalue weighted by molar-refractivity contribution is 1.13. The Hall–Kier alpha value is -1.76. The normalized spacial score (nSPS) is 10.3. The molecular weight excluding hydrogens is 206 g/mol. The summed E-state index contributed by atoms with van der Waals surface area (Å²) in [7, 11) is 4.14. The van der Waals surface area contributed by atoms with Crippen molar-refractivity contribution >= 4 is 5.69 Å². The number of benzene rings is 2. The fourth-order valence-corrected chi connectivity index (χ4v) is 1.93. The molecule has 0 heterocycles. The second kappa shape index (κ2) is 5.05. The molecule has 0 aliphatic rings. The van der Waals surface area contributed by atoms with Crippen molar-refractivity contribution in [2.45, 2.75) is 13.3 Å². The summed E-state index contributed by atoms with van der Waals surface area (Å²) in [5, 5.41) is 0. The molecule has 0 spiro atoms. The Labute approximate surface area is 104 Å². The van der Waals surface area contributed by atoms with Crippen LogP contribution in [0.5, 0.6) is 0 Å². The van der Waals surface area contributed by atoms with Gasteiger partial charge in [-0.15, -0.1) is 0 Å². The van der Waals surface area contributed by atoms with Gasteiger partial charge in [-0.25, -0.2) is 0 Å². The van der Waals surface area contributed by atoms with Gasteiger partial charge in [0.2, 0.25) is 0 Å². The SMILES string of the molecule is CCc1cccc(-c2cccc(N(C)C)c2)c1. The van der Waals surface area contributed by atoms with Crippen LogP contribution in [0.1, 0.15) is 12.5 Å². The van der Waals surface area contributed by atoms with Crippen molar-refractivity contribution in [2.24, 2.45) is 0 Å². The number of hydrogen-bond donors (Lipinski definition) is 0. The number of aryl methyl sites for hydroxylation is 1. The molecule has 2 aromatic carbocycles. The van der Waals surface area contributed by atoms with E-state index in [1.165, 1.54) is 22.4 Å². The van der Waals surface area contributed by atoms with E-state index in [0.29, 0.717) is 0 Å². The molecule has 0 saturated carbocycles. The molecule has 0 fully saturated rings. The molecule has 2 aromatic rings. The van der Waals surface area contributed by atoms with Crippen LogP contribution in [0.4, 0.5) is 5.69 Å². The Morgan fingerprint density at radius 3 is 2.18 bits per heavy atom. The molecule has 0 radical (unpaired) electrons. The largest absolute Gasteiger partial charge is 0.378 e. The molecule has 17 heavy (non-hydrogen) atoms. The summed E-state index contributed by atoms with van der Waals surface area (Å²) in [5.41, 5.74) is 5.21. The van der Waals surface area contributed by atoms with Crippen LogP contribution in [0.25, 0.3) is 11.1 Å². The fraction of sp³-hybridized carbons (Fsp3) is 0.250. The molecule has 1 heteroatoms. The van der Waals surface area contributed by atoms with Gasteiger partial charge in [0.25, 0.3) is 0 Å². The van der Waals surface area contributed by atoms with Gasteiger partial charge in [0.15, 0.2) is 0 Å². The van der Waals surface area contributed by atoms with Gasteiger partial charge in [-0.05, 0) is 35.2 Å². The lowest BCUT2D eigenvalue weighted by Crippen LogP contribution is -2.08. The van der Waals surface area contributed by atoms with Crippen LogP contribution in [0.15, 0.2) is 48.5 Å². The van der Waals surface area contributed by atoms with Gasteiger partial charge in [0.05, 0.1) is 0 Å². The molecule has 0 saturated heterocycles. The van der Waals surface area contributed by atoms with Gasteiger partial charge in [-0.3, -0.25) is 0 Å². The van der Waals surface area contributed by atoms with E-state index in [1.807, 2.05) is 0 Å². The lowest BCUT2D eigenvalue weighted by atomic mass is 10.0. The third-order valence-electron chi connectivity index (χ3n) is 3.03. The van der Waals surface area contributed by atoms with E-state index in [1.54, 1.807) is 0 Å². The molecule has 88 valence electrons. The number of anilines is 1. The highest BCUT2D eigenvalue weighted by atomic mass is 15.1. The highest BCUT2D eigenvalue weighted by Crippen LogP contribution is 2.24. The summed E-state index contributed by atoms with van der Waals surface area (Å²) in [6.07, 6.45) is 1.08. The first-order valence-electron chi connectivity index (χ1n) is 6.07. The molecule has 0 unspecified atom stereocenters. The third-order valence-corrected chi connectivity index (χ3v) is 3.03. The first-order chi connectivity index (χ1) is 8.20. The van der Waals surface area contributed by atoms with Crippen molar-refractivity contribution in [2.75, 3.05) is 19.0 Å². The molecule has 0 aromatic heterocycles. The van der Waals surface area contributed by atoms with Crippen molar-refractivity contribution < 1.29 is 0 Å². The Morgan fingerprint density at radius 2 is 1.53 bits per heavy atom. The van der Waals surface area contributed by atoms with E-state index in [4.69, 9.17) is 0 Å². The molecule has 0 atom stereocenters. The second-order valence-electron chi connectivity index (χ2n) is 4.50. The average Bonchev–Trinajstić information content (AvgIpc) is 2.39. The predicted molar refractivity (Wildman–Crippen MR) is 75.6 cm³/mol. The smallest absolute Gasteiger partial charge is 0.0367 e. The van der Waals surface area contributed by atoms with E-state index in [0.717, 1.165) is 6.42 Å². The fourth-order valence-electron chi connectivity index (χ4n) is 1.93. The molecule has 0 amide bonds. The van der Waals surface area contributed by atoms with Crippen molar-refractivity contribution in [1.82, 2.24) is 0 Å². The van der Waals surface area contributed by atoms with E-state index < -0.39 is 0 Å². The Morgan fingerprint density at radius 1 is 0.882 bits per heavy atom. The Kier molecular flexibility index (Phi) is 3.48. The summed E-state index contributed by atoms with van der Waals surface area (Å²) >= 11 is 0. The first-order valence-corrected chi connectivity index (χ1v) is 6.07. The van der Waals surface area contributed by atoms with Crippen LogP contribution in [-0.2, 0) is 6.42 Å². The van der Waals surface area contributed by atoms with Crippen LogP contribution in [0.2, 0.25) is 0 Å². The van der Waals surface area contributed by atoms with Gasteiger partial charge in [0.1, 0.15) is 0 Å². The molecule has 2 rings (SSSR count). The minimum absolute atomic E-state index is 1.08. The zero-order valence-corrected chi connectivity index (χ0v) is 10.8. The van der Waals surface area contributed by atoms with Gasteiger partial charge < -0.3 is 4.90 Å². The van der Waals surface area contributed by atoms with Crippen LogP contribution in [0, 0.1) is 0 Å².